The molecule has 0 saturated carbocycles. The van der Waals surface area contributed by atoms with E-state index in [0.717, 1.165) is 6.08 Å². The molecular formula is C23H44O2. The second kappa shape index (κ2) is 25.2. The highest BCUT2D eigenvalue weighted by Gasteiger charge is 1.94. The van der Waals surface area contributed by atoms with Crippen molar-refractivity contribution in [3.63, 3.8) is 0 Å². The number of carboxylic acids is 1. The maximum absolute atomic E-state index is 9.25. The Labute approximate surface area is 157 Å². The summed E-state index contributed by atoms with van der Waals surface area (Å²) in [5.74, 6) is -0.981. The number of hydrogen-bond donors (Lipinski definition) is 1. The van der Waals surface area contributed by atoms with Crippen LogP contribution in [0.15, 0.2) is 25.3 Å². The normalized spacial score (nSPS) is 9.96. The van der Waals surface area contributed by atoms with Gasteiger partial charge in [-0.2, -0.15) is 0 Å². The van der Waals surface area contributed by atoms with Crippen LogP contribution in [-0.4, -0.2) is 11.1 Å². The van der Waals surface area contributed by atoms with Crippen LogP contribution in [0.5, 0.6) is 0 Å². The Morgan fingerprint density at radius 1 is 0.680 bits per heavy atom. The number of rotatable bonds is 18. The van der Waals surface area contributed by atoms with E-state index in [0.29, 0.717) is 0 Å². The van der Waals surface area contributed by atoms with Gasteiger partial charge < -0.3 is 5.11 Å². The van der Waals surface area contributed by atoms with Crippen molar-refractivity contribution in [2.45, 2.75) is 116 Å². The fourth-order valence-corrected chi connectivity index (χ4v) is 2.84. The molecule has 0 aliphatic heterocycles. The first-order valence-corrected chi connectivity index (χ1v) is 10.6. The zero-order chi connectivity index (χ0) is 19.0. The third-order valence-corrected chi connectivity index (χ3v) is 4.44. The minimum Gasteiger partial charge on any atom is -0.478 e. The van der Waals surface area contributed by atoms with Crippen molar-refractivity contribution in [3.8, 4) is 0 Å². The minimum atomic E-state index is -0.981. The van der Waals surface area contributed by atoms with Gasteiger partial charge in [0.15, 0.2) is 0 Å². The van der Waals surface area contributed by atoms with Crippen LogP contribution in [0.2, 0.25) is 0 Å². The maximum Gasteiger partial charge on any atom is 0.327 e. The summed E-state index contributed by atoms with van der Waals surface area (Å²) in [6, 6.07) is 0. The maximum atomic E-state index is 9.25. The van der Waals surface area contributed by atoms with Crippen molar-refractivity contribution in [1.29, 1.82) is 0 Å². The lowest BCUT2D eigenvalue weighted by molar-refractivity contribution is -0.131. The monoisotopic (exact) mass is 352 g/mol. The summed E-state index contributed by atoms with van der Waals surface area (Å²) in [4.78, 5) is 9.25. The summed E-state index contributed by atoms with van der Waals surface area (Å²) < 4.78 is 0. The molecule has 0 unspecified atom stereocenters. The van der Waals surface area contributed by atoms with E-state index in [1.54, 1.807) is 0 Å². The molecule has 0 amide bonds. The third kappa shape index (κ3) is 31.3. The minimum absolute atomic E-state index is 0.833. The first kappa shape index (κ1) is 26.2. The SMILES string of the molecule is C=CC(=O)O.C=CCCCCCCCCCCCCCCCCCC. The van der Waals surface area contributed by atoms with Crippen LogP contribution >= 0.6 is 0 Å². The molecule has 0 aromatic heterocycles. The Hall–Kier alpha value is -1.05. The smallest absolute Gasteiger partial charge is 0.327 e. The first-order valence-electron chi connectivity index (χ1n) is 10.6. The summed E-state index contributed by atoms with van der Waals surface area (Å²) in [5.41, 5.74) is 0. The van der Waals surface area contributed by atoms with Crippen LogP contribution < -0.4 is 0 Å². The van der Waals surface area contributed by atoms with Crippen molar-refractivity contribution in [2.75, 3.05) is 0 Å². The Kier molecular flexibility index (Phi) is 26.4. The van der Waals surface area contributed by atoms with E-state index in [1.807, 2.05) is 6.08 Å². The fourth-order valence-electron chi connectivity index (χ4n) is 2.84. The molecule has 0 fully saturated rings. The lowest BCUT2D eigenvalue weighted by atomic mass is 10.0. The Bertz CT molecular complexity index is 284. The summed E-state index contributed by atoms with van der Waals surface area (Å²) in [6.45, 7) is 9.02. The van der Waals surface area contributed by atoms with Crippen LogP contribution in [0, 0.1) is 0 Å². The predicted molar refractivity (Wildman–Crippen MR) is 112 cm³/mol. The predicted octanol–water partition coefficient (Wildman–Crippen LogP) is 8.08. The van der Waals surface area contributed by atoms with Crippen molar-refractivity contribution in [3.05, 3.63) is 25.3 Å². The zero-order valence-corrected chi connectivity index (χ0v) is 16.9. The molecule has 0 aromatic carbocycles. The van der Waals surface area contributed by atoms with Crippen molar-refractivity contribution < 1.29 is 9.90 Å². The molecule has 148 valence electrons. The van der Waals surface area contributed by atoms with Crippen LogP contribution in [-0.2, 0) is 4.79 Å². The summed E-state index contributed by atoms with van der Waals surface area (Å²) >= 11 is 0. The van der Waals surface area contributed by atoms with Gasteiger partial charge in [0.1, 0.15) is 0 Å². The largest absolute Gasteiger partial charge is 0.478 e. The molecule has 0 radical (unpaired) electrons. The van der Waals surface area contributed by atoms with E-state index in [4.69, 9.17) is 5.11 Å². The first-order chi connectivity index (χ1) is 12.2. The Balaban J connectivity index is 0. The Morgan fingerprint density at radius 3 is 1.20 bits per heavy atom. The van der Waals surface area contributed by atoms with Crippen LogP contribution in [0.1, 0.15) is 116 Å². The number of hydrogen-bond acceptors (Lipinski definition) is 1. The molecule has 0 aliphatic rings. The third-order valence-electron chi connectivity index (χ3n) is 4.44. The number of aliphatic carboxylic acids is 1. The van der Waals surface area contributed by atoms with E-state index in [-0.39, 0.29) is 0 Å². The molecule has 0 aliphatic carbocycles. The van der Waals surface area contributed by atoms with Gasteiger partial charge >= 0.3 is 5.97 Å². The van der Waals surface area contributed by atoms with Gasteiger partial charge in [-0.3, -0.25) is 0 Å². The quantitative estimate of drug-likeness (QED) is 0.154. The fraction of sp³-hybridized carbons (Fsp3) is 0.783. The van der Waals surface area contributed by atoms with Crippen LogP contribution in [0.4, 0.5) is 0 Å². The van der Waals surface area contributed by atoms with E-state index < -0.39 is 5.97 Å². The molecule has 0 rings (SSSR count). The van der Waals surface area contributed by atoms with Crippen molar-refractivity contribution in [1.82, 2.24) is 0 Å². The molecule has 2 nitrogen and oxygen atoms in total. The van der Waals surface area contributed by atoms with Crippen molar-refractivity contribution >= 4 is 5.97 Å². The number of allylic oxidation sites excluding steroid dienone is 1. The molecule has 0 bridgehead atoms. The van der Waals surface area contributed by atoms with Gasteiger partial charge in [0, 0.05) is 6.08 Å². The highest BCUT2D eigenvalue weighted by Crippen LogP contribution is 2.13. The molecule has 0 aromatic rings. The molecule has 0 spiro atoms. The van der Waals surface area contributed by atoms with Gasteiger partial charge in [-0.15, -0.1) is 6.58 Å². The van der Waals surface area contributed by atoms with Crippen molar-refractivity contribution in [2.24, 2.45) is 0 Å². The average Bonchev–Trinajstić information content (AvgIpc) is 2.62. The zero-order valence-electron chi connectivity index (χ0n) is 16.9. The van der Waals surface area contributed by atoms with Gasteiger partial charge in [-0.05, 0) is 12.8 Å². The van der Waals surface area contributed by atoms with Gasteiger partial charge in [-0.1, -0.05) is 116 Å². The molecule has 0 atom stereocenters. The summed E-state index contributed by atoms with van der Waals surface area (Å²) in [6.07, 6.45) is 27.3. The summed E-state index contributed by atoms with van der Waals surface area (Å²) in [5, 5.41) is 7.60. The standard InChI is InChI=1S/C20H40.C3H4O2/c1-3-5-7-9-11-13-15-17-19-20-18-16-14-12-10-8-6-4-2;1-2-3(4)5/h3H,1,4-20H2,2H3;2H,1H2,(H,4,5). The average molecular weight is 353 g/mol. The topological polar surface area (TPSA) is 37.3 Å². The lowest BCUT2D eigenvalue weighted by Crippen LogP contribution is -1.83. The molecule has 1 N–H and O–H groups in total. The van der Waals surface area contributed by atoms with E-state index in [9.17, 15) is 4.79 Å². The highest BCUT2D eigenvalue weighted by atomic mass is 16.4. The number of unbranched alkanes of at least 4 members (excludes halogenated alkanes) is 16. The van der Waals surface area contributed by atoms with E-state index >= 15 is 0 Å². The molecule has 25 heavy (non-hydrogen) atoms. The van der Waals surface area contributed by atoms with Gasteiger partial charge in [0.25, 0.3) is 0 Å². The second-order valence-corrected chi connectivity index (χ2v) is 6.92. The van der Waals surface area contributed by atoms with Gasteiger partial charge in [0.05, 0.1) is 0 Å². The molecule has 2 heteroatoms. The second-order valence-electron chi connectivity index (χ2n) is 6.92. The molecule has 0 saturated heterocycles. The van der Waals surface area contributed by atoms with Gasteiger partial charge in [-0.25, -0.2) is 4.79 Å². The molecular weight excluding hydrogens is 308 g/mol. The highest BCUT2D eigenvalue weighted by molar-refractivity contribution is 5.78. The Morgan fingerprint density at radius 2 is 0.960 bits per heavy atom. The lowest BCUT2D eigenvalue weighted by Gasteiger charge is -2.03. The van der Waals surface area contributed by atoms with E-state index in [2.05, 4.69) is 20.1 Å². The van der Waals surface area contributed by atoms with E-state index in [1.165, 1.54) is 109 Å². The van der Waals surface area contributed by atoms with Crippen LogP contribution in [0.25, 0.3) is 0 Å². The molecule has 0 heterocycles. The number of carboxylic acid groups (broad SMARTS) is 1. The van der Waals surface area contributed by atoms with Gasteiger partial charge in [0.2, 0.25) is 0 Å². The number of carbonyl (C=O) groups is 1. The summed E-state index contributed by atoms with van der Waals surface area (Å²) in [7, 11) is 0. The van der Waals surface area contributed by atoms with Crippen LogP contribution in [0.3, 0.4) is 0 Å².